The maximum Gasteiger partial charge on any atom is 0.159 e. The van der Waals surface area contributed by atoms with E-state index >= 15 is 0 Å². The minimum atomic E-state index is -1.03. The second-order valence-corrected chi connectivity index (χ2v) is 5.08. The predicted molar refractivity (Wildman–Crippen MR) is 62.7 cm³/mol. The predicted octanol–water partition coefficient (Wildman–Crippen LogP) is 3.32. The van der Waals surface area contributed by atoms with Crippen molar-refractivity contribution >= 4 is 11.3 Å². The highest BCUT2D eigenvalue weighted by Crippen LogP contribution is 2.29. The van der Waals surface area contributed by atoms with Gasteiger partial charge in [0.25, 0.3) is 0 Å². The van der Waals surface area contributed by atoms with Crippen molar-refractivity contribution < 1.29 is 13.9 Å². The molecule has 90 valence electrons. The highest BCUT2D eigenvalue weighted by Gasteiger charge is 2.20. The lowest BCUT2D eigenvalue weighted by molar-refractivity contribution is 0.0746. The Morgan fingerprint density at radius 2 is 1.94 bits per heavy atom. The molecular formula is C12H11F2NOS. The fraction of sp³-hybridized carbons (Fsp3) is 0.250. The zero-order valence-corrected chi connectivity index (χ0v) is 10.2. The molecule has 2 nitrogen and oxygen atoms in total. The van der Waals surface area contributed by atoms with Crippen LogP contribution >= 0.6 is 11.3 Å². The molecular weight excluding hydrogens is 244 g/mol. The maximum absolute atomic E-state index is 13.1. The number of aromatic nitrogens is 1. The van der Waals surface area contributed by atoms with Crippen LogP contribution in [0.3, 0.4) is 0 Å². The van der Waals surface area contributed by atoms with E-state index in [0.29, 0.717) is 16.3 Å². The van der Waals surface area contributed by atoms with Gasteiger partial charge < -0.3 is 5.11 Å². The van der Waals surface area contributed by atoms with Crippen molar-refractivity contribution in [1.82, 2.24) is 4.98 Å². The molecule has 5 heteroatoms. The summed E-state index contributed by atoms with van der Waals surface area (Å²) in [6.07, 6.45) is 0. The average molecular weight is 255 g/mol. The monoisotopic (exact) mass is 255 g/mol. The first-order valence-electron chi connectivity index (χ1n) is 5.02. The van der Waals surface area contributed by atoms with Gasteiger partial charge in [-0.3, -0.25) is 0 Å². The normalized spacial score (nSPS) is 11.8. The lowest BCUT2D eigenvalue weighted by Gasteiger charge is -2.12. The van der Waals surface area contributed by atoms with E-state index in [1.54, 1.807) is 19.2 Å². The molecule has 0 aliphatic rings. The standard InChI is InChI=1S/C12H11F2NOS/c1-12(2,16)10-6-17-11(15-10)7-3-4-8(13)9(14)5-7/h3-6,16H,1-2H3. The van der Waals surface area contributed by atoms with Gasteiger partial charge >= 0.3 is 0 Å². The molecule has 0 atom stereocenters. The van der Waals surface area contributed by atoms with Crippen LogP contribution in [0.25, 0.3) is 10.6 Å². The number of rotatable bonds is 2. The zero-order chi connectivity index (χ0) is 12.6. The molecule has 1 heterocycles. The molecule has 1 N–H and O–H groups in total. The third kappa shape index (κ3) is 2.50. The van der Waals surface area contributed by atoms with Crippen LogP contribution in [-0.2, 0) is 5.60 Å². The Bertz CT molecular complexity index is 546. The summed E-state index contributed by atoms with van der Waals surface area (Å²) in [6.45, 7) is 3.24. The van der Waals surface area contributed by atoms with Crippen molar-refractivity contribution in [3.05, 3.63) is 40.9 Å². The van der Waals surface area contributed by atoms with Crippen molar-refractivity contribution in [2.75, 3.05) is 0 Å². The van der Waals surface area contributed by atoms with E-state index in [-0.39, 0.29) is 0 Å². The van der Waals surface area contributed by atoms with Crippen LogP contribution in [0.4, 0.5) is 8.78 Å². The highest BCUT2D eigenvalue weighted by molar-refractivity contribution is 7.13. The second kappa shape index (κ2) is 4.16. The molecule has 2 aromatic rings. The summed E-state index contributed by atoms with van der Waals surface area (Å²) in [7, 11) is 0. The van der Waals surface area contributed by atoms with E-state index < -0.39 is 17.2 Å². The molecule has 1 aromatic heterocycles. The number of thiazole rings is 1. The van der Waals surface area contributed by atoms with Crippen LogP contribution in [0.1, 0.15) is 19.5 Å². The van der Waals surface area contributed by atoms with Gasteiger partial charge in [-0.2, -0.15) is 0 Å². The number of aliphatic hydroxyl groups is 1. The van der Waals surface area contributed by atoms with Crippen molar-refractivity contribution in [2.45, 2.75) is 19.4 Å². The van der Waals surface area contributed by atoms with E-state index in [1.807, 2.05) is 0 Å². The molecule has 0 fully saturated rings. The van der Waals surface area contributed by atoms with Gasteiger partial charge in [-0.25, -0.2) is 13.8 Å². The van der Waals surface area contributed by atoms with Crippen molar-refractivity contribution in [3.63, 3.8) is 0 Å². The van der Waals surface area contributed by atoms with Crippen molar-refractivity contribution in [3.8, 4) is 10.6 Å². The topological polar surface area (TPSA) is 33.1 Å². The van der Waals surface area contributed by atoms with Crippen LogP contribution in [0.2, 0.25) is 0 Å². The summed E-state index contributed by atoms with van der Waals surface area (Å²) in [5.41, 5.74) is -0.0144. The van der Waals surface area contributed by atoms with Gasteiger partial charge in [0.15, 0.2) is 11.6 Å². The van der Waals surface area contributed by atoms with Crippen LogP contribution < -0.4 is 0 Å². The fourth-order valence-electron chi connectivity index (χ4n) is 1.32. The van der Waals surface area contributed by atoms with Crippen molar-refractivity contribution in [1.29, 1.82) is 0 Å². The molecule has 0 amide bonds. The SMILES string of the molecule is CC(C)(O)c1csc(-c2ccc(F)c(F)c2)n1. The number of nitrogens with zero attached hydrogens (tertiary/aromatic N) is 1. The number of benzene rings is 1. The summed E-state index contributed by atoms with van der Waals surface area (Å²) in [6, 6.07) is 3.63. The van der Waals surface area contributed by atoms with Gasteiger partial charge in [0.1, 0.15) is 10.6 Å². The molecule has 0 radical (unpaired) electrons. The maximum atomic E-state index is 13.1. The van der Waals surface area contributed by atoms with Crippen LogP contribution in [0, 0.1) is 11.6 Å². The Labute approximate surface area is 102 Å². The van der Waals surface area contributed by atoms with Crippen LogP contribution in [0.15, 0.2) is 23.6 Å². The minimum Gasteiger partial charge on any atom is -0.384 e. The molecule has 17 heavy (non-hydrogen) atoms. The molecule has 0 aliphatic carbocycles. The Kier molecular flexibility index (Phi) is 2.97. The Hall–Kier alpha value is -1.33. The Balaban J connectivity index is 2.40. The summed E-state index contributed by atoms with van der Waals surface area (Å²) in [5.74, 6) is -1.78. The van der Waals surface area contributed by atoms with E-state index in [9.17, 15) is 13.9 Å². The molecule has 2 rings (SSSR count). The van der Waals surface area contributed by atoms with Gasteiger partial charge in [-0.05, 0) is 32.0 Å². The smallest absolute Gasteiger partial charge is 0.159 e. The van der Waals surface area contributed by atoms with Crippen LogP contribution in [-0.4, -0.2) is 10.1 Å². The quantitative estimate of drug-likeness (QED) is 0.893. The first-order valence-corrected chi connectivity index (χ1v) is 5.89. The van der Waals surface area contributed by atoms with E-state index in [0.717, 1.165) is 12.1 Å². The number of hydrogen-bond acceptors (Lipinski definition) is 3. The van der Waals surface area contributed by atoms with Gasteiger partial charge in [0.05, 0.1) is 5.69 Å². The lowest BCUT2D eigenvalue weighted by Crippen LogP contribution is -2.15. The summed E-state index contributed by atoms with van der Waals surface area (Å²) >= 11 is 1.28. The van der Waals surface area contributed by atoms with Gasteiger partial charge in [0.2, 0.25) is 0 Å². The minimum absolute atomic E-state index is 0.504. The first-order chi connectivity index (χ1) is 7.88. The molecule has 0 spiro atoms. The summed E-state index contributed by atoms with van der Waals surface area (Å²) in [5, 5.41) is 12.0. The zero-order valence-electron chi connectivity index (χ0n) is 9.37. The van der Waals surface area contributed by atoms with Gasteiger partial charge in [0, 0.05) is 10.9 Å². The van der Waals surface area contributed by atoms with Crippen LogP contribution in [0.5, 0.6) is 0 Å². The fourth-order valence-corrected chi connectivity index (χ4v) is 2.29. The summed E-state index contributed by atoms with van der Waals surface area (Å²) in [4.78, 5) is 4.20. The van der Waals surface area contributed by atoms with E-state index in [1.165, 1.54) is 17.4 Å². The highest BCUT2D eigenvalue weighted by atomic mass is 32.1. The Morgan fingerprint density at radius 3 is 2.47 bits per heavy atom. The first kappa shape index (κ1) is 12.1. The van der Waals surface area contributed by atoms with Crippen molar-refractivity contribution in [2.24, 2.45) is 0 Å². The molecule has 0 saturated heterocycles. The molecule has 0 saturated carbocycles. The molecule has 1 aromatic carbocycles. The lowest BCUT2D eigenvalue weighted by atomic mass is 10.1. The summed E-state index contributed by atoms with van der Waals surface area (Å²) < 4.78 is 25.8. The second-order valence-electron chi connectivity index (χ2n) is 4.23. The molecule has 0 aliphatic heterocycles. The third-order valence-corrected chi connectivity index (χ3v) is 3.19. The number of hydrogen-bond donors (Lipinski definition) is 1. The number of halogens is 2. The molecule has 0 bridgehead atoms. The van der Waals surface area contributed by atoms with E-state index in [4.69, 9.17) is 0 Å². The van der Waals surface area contributed by atoms with E-state index in [2.05, 4.69) is 4.98 Å². The van der Waals surface area contributed by atoms with Gasteiger partial charge in [-0.15, -0.1) is 11.3 Å². The third-order valence-electron chi connectivity index (χ3n) is 2.30. The largest absolute Gasteiger partial charge is 0.384 e. The Morgan fingerprint density at radius 1 is 1.24 bits per heavy atom. The van der Waals surface area contributed by atoms with Gasteiger partial charge in [-0.1, -0.05) is 0 Å². The molecule has 0 unspecified atom stereocenters. The average Bonchev–Trinajstić information content (AvgIpc) is 2.70.